The van der Waals surface area contributed by atoms with Gasteiger partial charge in [-0.05, 0) is 37.1 Å². The fourth-order valence-electron chi connectivity index (χ4n) is 2.03. The van der Waals surface area contributed by atoms with Crippen molar-refractivity contribution in [2.75, 3.05) is 13.2 Å². The summed E-state index contributed by atoms with van der Waals surface area (Å²) in [6.45, 7) is 2.33. The predicted octanol–water partition coefficient (Wildman–Crippen LogP) is 1.04. The van der Waals surface area contributed by atoms with Crippen LogP contribution < -0.4 is 0 Å². The third kappa shape index (κ3) is 2.11. The maximum atomic E-state index is 9.16. The van der Waals surface area contributed by atoms with Crippen LogP contribution in [0, 0.1) is 0 Å². The number of rotatable bonds is 3. The van der Waals surface area contributed by atoms with Crippen molar-refractivity contribution in [1.82, 2.24) is 9.88 Å². The molecule has 2 heterocycles. The summed E-state index contributed by atoms with van der Waals surface area (Å²) < 4.78 is 0. The molecule has 1 fully saturated rings. The minimum atomic E-state index is 0.283. The number of hydrogen-bond acceptors (Lipinski definition) is 3. The van der Waals surface area contributed by atoms with Gasteiger partial charge in [0, 0.05) is 25.0 Å². The molecule has 0 saturated carbocycles. The molecule has 1 aromatic rings. The quantitative estimate of drug-likeness (QED) is 0.777. The monoisotopic (exact) mass is 192 g/mol. The van der Waals surface area contributed by atoms with Crippen LogP contribution in [0.25, 0.3) is 0 Å². The molecule has 1 unspecified atom stereocenters. The second kappa shape index (κ2) is 4.53. The number of nitrogens with zero attached hydrogens (tertiary/aromatic N) is 2. The average molecular weight is 192 g/mol. The first-order valence-electron chi connectivity index (χ1n) is 5.14. The summed E-state index contributed by atoms with van der Waals surface area (Å²) in [5.41, 5.74) is 1.28. The van der Waals surface area contributed by atoms with Crippen molar-refractivity contribution >= 4 is 0 Å². The van der Waals surface area contributed by atoms with Gasteiger partial charge in [-0.15, -0.1) is 0 Å². The maximum absolute atomic E-state index is 9.16. The number of hydrogen-bond donors (Lipinski definition) is 1. The lowest BCUT2D eigenvalue weighted by molar-refractivity contribution is 0.153. The first-order valence-corrected chi connectivity index (χ1v) is 5.14. The highest BCUT2D eigenvalue weighted by Gasteiger charge is 2.23. The van der Waals surface area contributed by atoms with E-state index in [-0.39, 0.29) is 6.61 Å². The van der Waals surface area contributed by atoms with E-state index in [1.807, 2.05) is 24.5 Å². The Kier molecular flexibility index (Phi) is 3.11. The summed E-state index contributed by atoms with van der Waals surface area (Å²) in [5, 5.41) is 9.16. The summed E-state index contributed by atoms with van der Waals surface area (Å²) in [4.78, 5) is 6.33. The fraction of sp³-hybridized carbons (Fsp3) is 0.545. The molecule has 14 heavy (non-hydrogen) atoms. The third-order valence-electron chi connectivity index (χ3n) is 2.84. The van der Waals surface area contributed by atoms with Crippen molar-refractivity contribution in [3.8, 4) is 0 Å². The van der Waals surface area contributed by atoms with Crippen LogP contribution in [0.5, 0.6) is 0 Å². The Bertz CT molecular complexity index is 276. The zero-order valence-corrected chi connectivity index (χ0v) is 8.26. The van der Waals surface area contributed by atoms with Gasteiger partial charge >= 0.3 is 0 Å². The molecule has 0 spiro atoms. The van der Waals surface area contributed by atoms with E-state index in [9.17, 15) is 0 Å². The van der Waals surface area contributed by atoms with Crippen LogP contribution in [0.3, 0.4) is 0 Å². The highest BCUT2D eigenvalue weighted by Crippen LogP contribution is 2.18. The average Bonchev–Trinajstić information content (AvgIpc) is 2.67. The second-order valence-electron chi connectivity index (χ2n) is 3.80. The van der Waals surface area contributed by atoms with Crippen molar-refractivity contribution in [2.45, 2.75) is 25.4 Å². The van der Waals surface area contributed by atoms with Crippen LogP contribution in [-0.4, -0.2) is 34.2 Å². The molecule has 0 amide bonds. The molecular weight excluding hydrogens is 176 g/mol. The zero-order chi connectivity index (χ0) is 9.80. The Hall–Kier alpha value is -0.930. The van der Waals surface area contributed by atoms with Gasteiger partial charge in [0.2, 0.25) is 0 Å². The molecule has 1 N–H and O–H groups in total. The summed E-state index contributed by atoms with van der Waals surface area (Å²) in [7, 11) is 0. The maximum Gasteiger partial charge on any atom is 0.0587 e. The smallest absolute Gasteiger partial charge is 0.0587 e. The van der Waals surface area contributed by atoms with Crippen LogP contribution in [-0.2, 0) is 6.54 Å². The predicted molar refractivity (Wildman–Crippen MR) is 54.8 cm³/mol. The van der Waals surface area contributed by atoms with E-state index in [0.717, 1.165) is 19.5 Å². The summed E-state index contributed by atoms with van der Waals surface area (Å²) in [6, 6.07) is 4.43. The molecular formula is C11H16N2O. The number of aliphatic hydroxyl groups is 1. The highest BCUT2D eigenvalue weighted by molar-refractivity contribution is 5.09. The van der Waals surface area contributed by atoms with E-state index in [4.69, 9.17) is 5.11 Å². The molecule has 0 radical (unpaired) electrons. The van der Waals surface area contributed by atoms with Gasteiger partial charge in [-0.2, -0.15) is 0 Å². The van der Waals surface area contributed by atoms with Crippen molar-refractivity contribution in [2.24, 2.45) is 0 Å². The first kappa shape index (κ1) is 9.62. The molecule has 3 nitrogen and oxygen atoms in total. The molecule has 1 aliphatic rings. The number of aromatic nitrogens is 1. The van der Waals surface area contributed by atoms with E-state index in [2.05, 4.69) is 9.88 Å². The summed E-state index contributed by atoms with van der Waals surface area (Å²) >= 11 is 0. The topological polar surface area (TPSA) is 36.4 Å². The van der Waals surface area contributed by atoms with Crippen molar-refractivity contribution < 1.29 is 5.11 Å². The second-order valence-corrected chi connectivity index (χ2v) is 3.80. The third-order valence-corrected chi connectivity index (χ3v) is 2.84. The van der Waals surface area contributed by atoms with Gasteiger partial charge < -0.3 is 5.11 Å². The lowest BCUT2D eigenvalue weighted by Gasteiger charge is -2.22. The molecule has 1 aromatic heterocycles. The van der Waals surface area contributed by atoms with E-state index >= 15 is 0 Å². The molecule has 0 aromatic carbocycles. The molecule has 3 heteroatoms. The number of aliphatic hydroxyl groups excluding tert-OH is 1. The van der Waals surface area contributed by atoms with E-state index in [0.29, 0.717) is 6.04 Å². The SMILES string of the molecule is OCC1CCCN1Cc1ccncc1. The Labute approximate surface area is 84.4 Å². The Balaban J connectivity index is 1.97. The van der Waals surface area contributed by atoms with Gasteiger partial charge in [-0.3, -0.25) is 9.88 Å². The molecule has 1 saturated heterocycles. The lowest BCUT2D eigenvalue weighted by Crippen LogP contribution is -2.31. The molecule has 0 aliphatic carbocycles. The van der Waals surface area contributed by atoms with Gasteiger partial charge in [0.15, 0.2) is 0 Å². The van der Waals surface area contributed by atoms with Gasteiger partial charge in [0.25, 0.3) is 0 Å². The van der Waals surface area contributed by atoms with Crippen LogP contribution in [0.1, 0.15) is 18.4 Å². The molecule has 1 atom stereocenters. The van der Waals surface area contributed by atoms with Gasteiger partial charge in [-0.1, -0.05) is 0 Å². The van der Waals surface area contributed by atoms with E-state index in [1.54, 1.807) is 0 Å². The standard InChI is InChI=1S/C11H16N2O/c14-9-11-2-1-7-13(11)8-10-3-5-12-6-4-10/h3-6,11,14H,1-2,7-9H2. The van der Waals surface area contributed by atoms with Gasteiger partial charge in [0.1, 0.15) is 0 Å². The van der Waals surface area contributed by atoms with E-state index < -0.39 is 0 Å². The first-order chi connectivity index (χ1) is 6.90. The fourth-order valence-corrected chi connectivity index (χ4v) is 2.03. The molecule has 1 aliphatic heterocycles. The normalized spacial score (nSPS) is 22.8. The Morgan fingerprint density at radius 3 is 2.93 bits per heavy atom. The van der Waals surface area contributed by atoms with Crippen molar-refractivity contribution in [3.05, 3.63) is 30.1 Å². The zero-order valence-electron chi connectivity index (χ0n) is 8.26. The van der Waals surface area contributed by atoms with Crippen LogP contribution in [0.4, 0.5) is 0 Å². The highest BCUT2D eigenvalue weighted by atomic mass is 16.3. The molecule has 76 valence electrons. The lowest BCUT2D eigenvalue weighted by atomic mass is 10.2. The Morgan fingerprint density at radius 2 is 2.21 bits per heavy atom. The summed E-state index contributed by atoms with van der Waals surface area (Å²) in [6.07, 6.45) is 5.97. The van der Waals surface area contributed by atoms with Crippen LogP contribution in [0.15, 0.2) is 24.5 Å². The van der Waals surface area contributed by atoms with E-state index in [1.165, 1.54) is 12.0 Å². The molecule has 2 rings (SSSR count). The van der Waals surface area contributed by atoms with Crippen LogP contribution in [0.2, 0.25) is 0 Å². The largest absolute Gasteiger partial charge is 0.395 e. The molecule has 0 bridgehead atoms. The number of likely N-dealkylation sites (tertiary alicyclic amines) is 1. The Morgan fingerprint density at radius 1 is 1.43 bits per heavy atom. The van der Waals surface area contributed by atoms with Crippen LogP contribution >= 0.6 is 0 Å². The van der Waals surface area contributed by atoms with Crippen molar-refractivity contribution in [3.63, 3.8) is 0 Å². The van der Waals surface area contributed by atoms with Gasteiger partial charge in [0.05, 0.1) is 6.61 Å². The summed E-state index contributed by atoms with van der Waals surface area (Å²) in [5.74, 6) is 0. The minimum Gasteiger partial charge on any atom is -0.395 e. The minimum absolute atomic E-state index is 0.283. The number of pyridine rings is 1. The van der Waals surface area contributed by atoms with Crippen molar-refractivity contribution in [1.29, 1.82) is 0 Å². The van der Waals surface area contributed by atoms with Gasteiger partial charge in [-0.25, -0.2) is 0 Å².